The first-order valence-electron chi connectivity index (χ1n) is 8.90. The van der Waals surface area contributed by atoms with Crippen LogP contribution in [-0.2, 0) is 12.1 Å². The Kier molecular flexibility index (Phi) is 4.15. The summed E-state index contributed by atoms with van der Waals surface area (Å²) in [6.07, 6.45) is -2.11. The zero-order valence-electron chi connectivity index (χ0n) is 15.6. The minimum Gasteiger partial charge on any atom is -0.389 e. The Balaban J connectivity index is 1.97. The monoisotopic (exact) mass is 406 g/mol. The molecule has 3 aromatic rings. The lowest BCUT2D eigenvalue weighted by Gasteiger charge is -2.28. The first-order valence-corrected chi connectivity index (χ1v) is 8.90. The molecule has 2 aromatic carbocycles. The average molecular weight is 406 g/mol. The molecule has 0 radical (unpaired) electrons. The Morgan fingerprint density at radius 3 is 2.41 bits per heavy atom. The highest BCUT2D eigenvalue weighted by atomic mass is 19.4. The third-order valence-electron chi connectivity index (χ3n) is 4.98. The van der Waals surface area contributed by atoms with Crippen LogP contribution < -0.4 is 0 Å². The number of aliphatic hydroxyl groups is 2. The Labute approximate surface area is 164 Å². The van der Waals surface area contributed by atoms with Crippen molar-refractivity contribution in [3.8, 4) is 22.3 Å². The Morgan fingerprint density at radius 1 is 1.07 bits per heavy atom. The number of hydrogen-bond donors (Lipinski definition) is 2. The molecule has 1 atom stereocenters. The number of halogens is 4. The molecule has 0 aliphatic heterocycles. The van der Waals surface area contributed by atoms with E-state index < -0.39 is 28.8 Å². The van der Waals surface area contributed by atoms with Crippen molar-refractivity contribution in [2.24, 2.45) is 0 Å². The fraction of sp³-hybridized carbons (Fsp3) is 0.286. The molecular formula is C21H18F4N2O2. The molecule has 0 amide bonds. The van der Waals surface area contributed by atoms with Crippen molar-refractivity contribution >= 4 is 0 Å². The molecule has 8 heteroatoms. The predicted octanol–water partition coefficient (Wildman–Crippen LogP) is 4.24. The van der Waals surface area contributed by atoms with Crippen LogP contribution in [0.5, 0.6) is 0 Å². The zero-order chi connectivity index (χ0) is 21.2. The van der Waals surface area contributed by atoms with E-state index in [4.69, 9.17) is 0 Å². The van der Waals surface area contributed by atoms with E-state index in [2.05, 4.69) is 5.10 Å². The van der Waals surface area contributed by atoms with Crippen LogP contribution in [0, 0.1) is 5.82 Å². The van der Waals surface area contributed by atoms with Gasteiger partial charge < -0.3 is 10.2 Å². The van der Waals surface area contributed by atoms with Gasteiger partial charge in [0.25, 0.3) is 0 Å². The van der Waals surface area contributed by atoms with Crippen LogP contribution >= 0.6 is 0 Å². The fourth-order valence-electron chi connectivity index (χ4n) is 3.86. The summed E-state index contributed by atoms with van der Waals surface area (Å²) in [7, 11) is 0. The molecule has 0 spiro atoms. The number of benzene rings is 2. The fourth-order valence-corrected chi connectivity index (χ4v) is 3.86. The standard InChI is InChI=1S/C21H18F4N2O2/c1-19(2,28)11-27-10-12(9-26-27)15-7-13(22)8-17-18(15)14-5-3-4-6-16(14)20(17,29)21(23,24)25/h3-10,28-29H,11H2,1-2H3. The third-order valence-corrected chi connectivity index (χ3v) is 4.98. The van der Waals surface area contributed by atoms with Crippen LogP contribution in [0.15, 0.2) is 48.8 Å². The smallest absolute Gasteiger partial charge is 0.389 e. The van der Waals surface area contributed by atoms with E-state index in [1.54, 1.807) is 19.9 Å². The van der Waals surface area contributed by atoms with Gasteiger partial charge in [0.05, 0.1) is 18.3 Å². The second-order valence-corrected chi connectivity index (χ2v) is 7.87. The summed E-state index contributed by atoms with van der Waals surface area (Å²) in [5, 5.41) is 24.8. The molecule has 0 bridgehead atoms. The Hall–Kier alpha value is -2.71. The summed E-state index contributed by atoms with van der Waals surface area (Å²) in [6.45, 7) is 3.33. The number of fused-ring (bicyclic) bond motifs is 3. The van der Waals surface area contributed by atoms with E-state index in [-0.39, 0.29) is 28.8 Å². The lowest BCUT2D eigenvalue weighted by atomic mass is 9.89. The summed E-state index contributed by atoms with van der Waals surface area (Å²) >= 11 is 0. The highest BCUT2D eigenvalue weighted by molar-refractivity contribution is 5.92. The largest absolute Gasteiger partial charge is 0.425 e. The molecule has 152 valence electrons. The summed E-state index contributed by atoms with van der Waals surface area (Å²) < 4.78 is 57.7. The molecule has 0 saturated carbocycles. The van der Waals surface area contributed by atoms with Crippen LogP contribution in [0.2, 0.25) is 0 Å². The first kappa shape index (κ1) is 19.6. The van der Waals surface area contributed by atoms with Gasteiger partial charge in [-0.15, -0.1) is 0 Å². The van der Waals surface area contributed by atoms with Gasteiger partial charge in [0.1, 0.15) is 5.82 Å². The highest BCUT2D eigenvalue weighted by Gasteiger charge is 2.61. The number of alkyl halides is 3. The molecule has 0 fully saturated rings. The third kappa shape index (κ3) is 3.03. The van der Waals surface area contributed by atoms with Crippen molar-refractivity contribution in [2.75, 3.05) is 0 Å². The van der Waals surface area contributed by atoms with E-state index in [1.165, 1.54) is 35.3 Å². The highest BCUT2D eigenvalue weighted by Crippen LogP contribution is 2.57. The zero-order valence-corrected chi connectivity index (χ0v) is 15.6. The number of aromatic nitrogens is 2. The number of hydrogen-bond acceptors (Lipinski definition) is 3. The number of nitrogens with zero attached hydrogens (tertiary/aromatic N) is 2. The van der Waals surface area contributed by atoms with E-state index in [1.807, 2.05) is 0 Å². The Bertz CT molecular complexity index is 1100. The van der Waals surface area contributed by atoms with E-state index in [0.717, 1.165) is 12.1 Å². The van der Waals surface area contributed by atoms with Gasteiger partial charge in [0.2, 0.25) is 5.60 Å². The second-order valence-electron chi connectivity index (χ2n) is 7.87. The molecule has 4 rings (SSSR count). The molecule has 1 aliphatic carbocycles. The second kappa shape index (κ2) is 6.14. The van der Waals surface area contributed by atoms with Gasteiger partial charge in [-0.05, 0) is 42.7 Å². The molecule has 1 aliphatic rings. The SMILES string of the molecule is CC(C)(O)Cn1cc(-c2cc(F)cc3c2-c2ccccc2C3(O)C(F)(F)F)cn1. The predicted molar refractivity (Wildman–Crippen MR) is 98.4 cm³/mol. The maximum atomic E-state index is 14.4. The van der Waals surface area contributed by atoms with Crippen molar-refractivity contribution in [3.63, 3.8) is 0 Å². The minimum absolute atomic E-state index is 0.115. The van der Waals surface area contributed by atoms with Gasteiger partial charge in [0.15, 0.2) is 0 Å². The summed E-state index contributed by atoms with van der Waals surface area (Å²) in [4.78, 5) is 0. The van der Waals surface area contributed by atoms with E-state index in [9.17, 15) is 27.8 Å². The van der Waals surface area contributed by atoms with Crippen molar-refractivity contribution in [2.45, 2.75) is 37.8 Å². The van der Waals surface area contributed by atoms with Crippen molar-refractivity contribution in [1.82, 2.24) is 9.78 Å². The quantitative estimate of drug-likeness (QED) is 0.640. The number of rotatable bonds is 3. The maximum Gasteiger partial charge on any atom is 0.425 e. The molecule has 1 heterocycles. The van der Waals surface area contributed by atoms with Gasteiger partial charge >= 0.3 is 6.18 Å². The van der Waals surface area contributed by atoms with E-state index >= 15 is 0 Å². The van der Waals surface area contributed by atoms with Crippen molar-refractivity contribution < 1.29 is 27.8 Å². The van der Waals surface area contributed by atoms with Crippen LogP contribution in [0.25, 0.3) is 22.3 Å². The lowest BCUT2D eigenvalue weighted by molar-refractivity contribution is -0.246. The lowest BCUT2D eigenvalue weighted by Crippen LogP contribution is -2.41. The van der Waals surface area contributed by atoms with E-state index in [0.29, 0.717) is 5.56 Å². The molecule has 2 N–H and O–H groups in total. The molecular weight excluding hydrogens is 388 g/mol. The van der Waals surface area contributed by atoms with Crippen molar-refractivity contribution in [1.29, 1.82) is 0 Å². The van der Waals surface area contributed by atoms with Gasteiger partial charge in [0, 0.05) is 22.9 Å². The maximum absolute atomic E-state index is 14.4. The summed E-state index contributed by atoms with van der Waals surface area (Å²) in [5.74, 6) is -0.899. The summed E-state index contributed by atoms with van der Waals surface area (Å²) in [5.41, 5.74) is -4.37. The van der Waals surface area contributed by atoms with Crippen molar-refractivity contribution in [3.05, 3.63) is 65.7 Å². The normalized spacial score (nSPS) is 18.6. The van der Waals surface area contributed by atoms with Gasteiger partial charge in [-0.3, -0.25) is 4.68 Å². The topological polar surface area (TPSA) is 58.3 Å². The van der Waals surface area contributed by atoms with Crippen LogP contribution in [-0.4, -0.2) is 31.8 Å². The molecule has 1 aromatic heterocycles. The van der Waals surface area contributed by atoms with Crippen LogP contribution in [0.1, 0.15) is 25.0 Å². The molecule has 29 heavy (non-hydrogen) atoms. The van der Waals surface area contributed by atoms with Gasteiger partial charge in [-0.25, -0.2) is 4.39 Å². The summed E-state index contributed by atoms with van der Waals surface area (Å²) in [6, 6.07) is 7.49. The van der Waals surface area contributed by atoms with Gasteiger partial charge in [-0.1, -0.05) is 24.3 Å². The average Bonchev–Trinajstić information content (AvgIpc) is 3.15. The molecule has 4 nitrogen and oxygen atoms in total. The Morgan fingerprint density at radius 2 is 1.76 bits per heavy atom. The van der Waals surface area contributed by atoms with Crippen LogP contribution in [0.4, 0.5) is 17.6 Å². The van der Waals surface area contributed by atoms with Crippen LogP contribution in [0.3, 0.4) is 0 Å². The minimum atomic E-state index is -5.04. The molecule has 1 unspecified atom stereocenters. The van der Waals surface area contributed by atoms with Gasteiger partial charge in [-0.2, -0.15) is 18.3 Å². The first-order chi connectivity index (χ1) is 13.4. The molecule has 0 saturated heterocycles.